The van der Waals surface area contributed by atoms with Gasteiger partial charge in [-0.1, -0.05) is 15.9 Å². The van der Waals surface area contributed by atoms with E-state index in [1.54, 1.807) is 18.2 Å². The molecule has 1 atom stereocenters. The predicted octanol–water partition coefficient (Wildman–Crippen LogP) is 3.35. The molecular weight excluding hydrogens is 259 g/mol. The molecule has 1 aromatic rings. The topological polar surface area (TPSA) is 12.0 Å². The highest BCUT2D eigenvalue weighted by Crippen LogP contribution is 2.35. The predicted molar refractivity (Wildman–Crippen MR) is 51.3 cm³/mol. The summed E-state index contributed by atoms with van der Waals surface area (Å²) < 4.78 is 37.9. The van der Waals surface area contributed by atoms with E-state index in [2.05, 4.69) is 21.2 Å². The lowest BCUT2D eigenvalue weighted by atomic mass is 10.1. The molecule has 0 amide bonds. The molecule has 1 aromatic carbocycles. The minimum atomic E-state index is -4.18. The molecule has 2 rings (SSSR count). The Morgan fingerprint density at radius 3 is 2.71 bits per heavy atom. The summed E-state index contributed by atoms with van der Waals surface area (Å²) in [5.74, 6) is 0. The number of alkyl halides is 3. The van der Waals surface area contributed by atoms with Crippen LogP contribution >= 0.6 is 15.9 Å². The van der Waals surface area contributed by atoms with Crippen molar-refractivity contribution in [1.82, 2.24) is 0 Å². The Morgan fingerprint density at radius 1 is 1.36 bits per heavy atom. The lowest BCUT2D eigenvalue weighted by Gasteiger charge is -2.14. The van der Waals surface area contributed by atoms with Crippen LogP contribution in [0.25, 0.3) is 0 Å². The number of hydrogen-bond donors (Lipinski definition) is 1. The molecule has 0 aromatic heterocycles. The van der Waals surface area contributed by atoms with Crippen molar-refractivity contribution in [2.75, 3.05) is 5.32 Å². The number of halogens is 4. The fraction of sp³-hybridized carbons (Fsp3) is 0.333. The van der Waals surface area contributed by atoms with Gasteiger partial charge in [0.1, 0.15) is 6.04 Å². The van der Waals surface area contributed by atoms with E-state index in [1.807, 2.05) is 0 Å². The number of anilines is 1. The molecule has 1 aliphatic heterocycles. The zero-order chi connectivity index (χ0) is 10.3. The highest BCUT2D eigenvalue weighted by Gasteiger charge is 2.42. The maximum Gasteiger partial charge on any atom is 0.408 e. The Kier molecular flexibility index (Phi) is 2.21. The largest absolute Gasteiger partial charge is 0.408 e. The molecule has 0 saturated carbocycles. The number of nitrogens with one attached hydrogen (secondary N) is 1. The average Bonchev–Trinajstić information content (AvgIpc) is 2.45. The van der Waals surface area contributed by atoms with Crippen LogP contribution in [0.5, 0.6) is 0 Å². The van der Waals surface area contributed by atoms with Gasteiger partial charge in [-0.25, -0.2) is 0 Å². The monoisotopic (exact) mass is 265 g/mol. The van der Waals surface area contributed by atoms with Crippen molar-refractivity contribution < 1.29 is 13.2 Å². The highest BCUT2D eigenvalue weighted by molar-refractivity contribution is 9.10. The second kappa shape index (κ2) is 3.15. The van der Waals surface area contributed by atoms with Gasteiger partial charge in [0.2, 0.25) is 0 Å². The second-order valence-corrected chi connectivity index (χ2v) is 4.16. The van der Waals surface area contributed by atoms with Crippen molar-refractivity contribution in [3.05, 3.63) is 28.2 Å². The van der Waals surface area contributed by atoms with Gasteiger partial charge in [-0.15, -0.1) is 0 Å². The molecule has 76 valence electrons. The van der Waals surface area contributed by atoms with Crippen LogP contribution in [0.4, 0.5) is 18.9 Å². The molecule has 1 aliphatic rings. The summed E-state index contributed by atoms with van der Waals surface area (Å²) in [6.45, 7) is 0. The molecule has 0 unspecified atom stereocenters. The van der Waals surface area contributed by atoms with Gasteiger partial charge >= 0.3 is 6.18 Å². The van der Waals surface area contributed by atoms with Gasteiger partial charge in [0.15, 0.2) is 0 Å². The van der Waals surface area contributed by atoms with E-state index < -0.39 is 12.2 Å². The minimum Gasteiger partial charge on any atom is -0.373 e. The Hall–Kier alpha value is -0.710. The van der Waals surface area contributed by atoms with E-state index in [0.29, 0.717) is 11.3 Å². The number of rotatable bonds is 0. The van der Waals surface area contributed by atoms with E-state index >= 15 is 0 Å². The summed E-state index contributed by atoms with van der Waals surface area (Å²) in [6.07, 6.45) is -4.16. The first kappa shape index (κ1) is 9.83. The number of benzene rings is 1. The van der Waals surface area contributed by atoms with Crippen molar-refractivity contribution in [2.24, 2.45) is 0 Å². The lowest BCUT2D eigenvalue weighted by Crippen LogP contribution is -2.34. The molecule has 1 heterocycles. The van der Waals surface area contributed by atoms with Crippen molar-refractivity contribution in [2.45, 2.75) is 18.6 Å². The molecule has 1 N–H and O–H groups in total. The van der Waals surface area contributed by atoms with Crippen LogP contribution in [0.15, 0.2) is 22.7 Å². The van der Waals surface area contributed by atoms with Crippen LogP contribution in [0.1, 0.15) is 5.56 Å². The van der Waals surface area contributed by atoms with Gasteiger partial charge < -0.3 is 5.32 Å². The van der Waals surface area contributed by atoms with Gasteiger partial charge in [0.25, 0.3) is 0 Å². The molecule has 0 saturated heterocycles. The molecule has 0 bridgehead atoms. The summed E-state index contributed by atoms with van der Waals surface area (Å²) >= 11 is 3.23. The Bertz CT molecular complexity index is 362. The Labute approximate surface area is 87.4 Å². The summed E-state index contributed by atoms with van der Waals surface area (Å²) in [5, 5.41) is 2.46. The quantitative estimate of drug-likeness (QED) is 0.759. The summed E-state index contributed by atoms with van der Waals surface area (Å²) in [6, 6.07) is 3.66. The summed E-state index contributed by atoms with van der Waals surface area (Å²) in [4.78, 5) is 0. The molecule has 0 aliphatic carbocycles. The Balaban J connectivity index is 2.26. The van der Waals surface area contributed by atoms with Crippen LogP contribution < -0.4 is 5.32 Å². The van der Waals surface area contributed by atoms with Crippen LogP contribution in [0.3, 0.4) is 0 Å². The molecule has 0 fully saturated rings. The molecular formula is C9H7BrF3N. The lowest BCUT2D eigenvalue weighted by molar-refractivity contribution is -0.140. The zero-order valence-electron chi connectivity index (χ0n) is 7.03. The second-order valence-electron chi connectivity index (χ2n) is 3.24. The minimum absolute atomic E-state index is 0.0122. The molecule has 0 spiro atoms. The molecule has 5 heteroatoms. The fourth-order valence-electron chi connectivity index (χ4n) is 1.53. The van der Waals surface area contributed by atoms with Crippen LogP contribution in [-0.2, 0) is 6.42 Å². The first-order valence-electron chi connectivity index (χ1n) is 4.08. The Morgan fingerprint density at radius 2 is 2.07 bits per heavy atom. The standard InChI is InChI=1S/C9H7BrF3N/c10-6-1-2-7-5(3-6)4-8(14-7)9(11,12)13/h1-3,8,14H,4H2/t8-/m1/s1. The third-order valence-electron chi connectivity index (χ3n) is 2.22. The fourth-order valence-corrected chi connectivity index (χ4v) is 1.94. The molecule has 1 nitrogen and oxygen atoms in total. The third-order valence-corrected chi connectivity index (χ3v) is 2.71. The highest BCUT2D eigenvalue weighted by atomic mass is 79.9. The maximum absolute atomic E-state index is 12.4. The van der Waals surface area contributed by atoms with Crippen molar-refractivity contribution >= 4 is 21.6 Å². The van der Waals surface area contributed by atoms with Gasteiger partial charge in [-0.2, -0.15) is 13.2 Å². The number of hydrogen-bond acceptors (Lipinski definition) is 1. The third kappa shape index (κ3) is 1.73. The van der Waals surface area contributed by atoms with Crippen LogP contribution in [0.2, 0.25) is 0 Å². The van der Waals surface area contributed by atoms with Crippen LogP contribution in [0, 0.1) is 0 Å². The molecule has 14 heavy (non-hydrogen) atoms. The van der Waals surface area contributed by atoms with Gasteiger partial charge in [0, 0.05) is 16.6 Å². The van der Waals surface area contributed by atoms with E-state index in [4.69, 9.17) is 0 Å². The van der Waals surface area contributed by atoms with E-state index in [9.17, 15) is 13.2 Å². The van der Waals surface area contributed by atoms with Gasteiger partial charge in [-0.3, -0.25) is 0 Å². The normalized spacial score (nSPS) is 20.4. The summed E-state index contributed by atoms with van der Waals surface area (Å²) in [7, 11) is 0. The van der Waals surface area contributed by atoms with Gasteiger partial charge in [-0.05, 0) is 23.8 Å². The summed E-state index contributed by atoms with van der Waals surface area (Å²) in [5.41, 5.74) is 1.29. The smallest absolute Gasteiger partial charge is 0.373 e. The van der Waals surface area contributed by atoms with Crippen molar-refractivity contribution in [1.29, 1.82) is 0 Å². The van der Waals surface area contributed by atoms with Crippen LogP contribution in [-0.4, -0.2) is 12.2 Å². The van der Waals surface area contributed by atoms with E-state index in [-0.39, 0.29) is 6.42 Å². The SMILES string of the molecule is FC(F)(F)[C@H]1Cc2cc(Br)ccc2N1. The van der Waals surface area contributed by atoms with Crippen molar-refractivity contribution in [3.63, 3.8) is 0 Å². The average molecular weight is 266 g/mol. The first-order chi connectivity index (χ1) is 6.47. The van der Waals surface area contributed by atoms with E-state index in [0.717, 1.165) is 4.47 Å². The van der Waals surface area contributed by atoms with Gasteiger partial charge in [0.05, 0.1) is 0 Å². The van der Waals surface area contributed by atoms with E-state index in [1.165, 1.54) is 0 Å². The van der Waals surface area contributed by atoms with Crippen molar-refractivity contribution in [3.8, 4) is 0 Å². The maximum atomic E-state index is 12.4. The molecule has 0 radical (unpaired) electrons. The zero-order valence-corrected chi connectivity index (χ0v) is 8.61. The number of fused-ring (bicyclic) bond motifs is 1. The first-order valence-corrected chi connectivity index (χ1v) is 4.88.